The molecule has 1 aliphatic heterocycles. The van der Waals surface area contributed by atoms with E-state index in [1.807, 2.05) is 32.9 Å². The van der Waals surface area contributed by atoms with Gasteiger partial charge in [-0.1, -0.05) is 24.3 Å². The van der Waals surface area contributed by atoms with E-state index in [9.17, 15) is 14.9 Å². The number of aliphatic hydroxyl groups is 1. The average Bonchev–Trinajstić information content (AvgIpc) is 3.01. The van der Waals surface area contributed by atoms with Crippen LogP contribution in [0.5, 0.6) is 0 Å². The Morgan fingerprint density at radius 3 is 2.18 bits per heavy atom. The Bertz CT molecular complexity index is 676. The number of benzene rings is 1. The number of rotatable bonds is 5. The maximum atomic E-state index is 12.5. The molecule has 1 aromatic rings. The predicted octanol–water partition coefficient (Wildman–Crippen LogP) is 3.01. The van der Waals surface area contributed by atoms with Crippen LogP contribution in [0.4, 0.5) is 4.79 Å². The fourth-order valence-corrected chi connectivity index (χ4v) is 3.03. The lowest BCUT2D eigenvalue weighted by atomic mass is 9.76. The second-order valence-corrected chi connectivity index (χ2v) is 9.54. The van der Waals surface area contributed by atoms with Gasteiger partial charge in [0.25, 0.3) is 0 Å². The highest BCUT2D eigenvalue weighted by Crippen LogP contribution is 2.33. The van der Waals surface area contributed by atoms with Gasteiger partial charge in [-0.25, -0.2) is 4.79 Å². The fourth-order valence-electron chi connectivity index (χ4n) is 3.03. The third-order valence-corrected chi connectivity index (χ3v) is 5.37. The van der Waals surface area contributed by atoms with Crippen molar-refractivity contribution in [2.24, 2.45) is 0 Å². The van der Waals surface area contributed by atoms with Crippen molar-refractivity contribution in [1.82, 2.24) is 4.90 Å². The molecular formula is C21H34BNO5. The molecule has 0 saturated carbocycles. The summed E-state index contributed by atoms with van der Waals surface area (Å²) in [6, 6.07) is 7.38. The molecule has 1 aliphatic rings. The number of carbonyl (C=O) groups excluding carboxylic acids is 1. The zero-order valence-electron chi connectivity index (χ0n) is 18.2. The molecule has 7 heteroatoms. The fraction of sp³-hybridized carbons (Fsp3) is 0.667. The average molecular weight is 391 g/mol. The molecule has 1 saturated heterocycles. The second-order valence-electron chi connectivity index (χ2n) is 9.54. The zero-order valence-corrected chi connectivity index (χ0v) is 18.2. The van der Waals surface area contributed by atoms with E-state index in [0.717, 1.165) is 18.4 Å². The van der Waals surface area contributed by atoms with E-state index in [0.29, 0.717) is 12.0 Å². The minimum absolute atomic E-state index is 0.0326. The molecule has 1 atom stereocenters. The Morgan fingerprint density at radius 2 is 1.68 bits per heavy atom. The first-order chi connectivity index (χ1) is 12.7. The third kappa shape index (κ3) is 5.49. The van der Waals surface area contributed by atoms with Crippen LogP contribution in [0.2, 0.25) is 0 Å². The van der Waals surface area contributed by atoms with Crippen molar-refractivity contribution in [3.05, 3.63) is 29.8 Å². The number of likely N-dealkylation sites (tertiary alicyclic amines) is 1. The summed E-state index contributed by atoms with van der Waals surface area (Å²) in [6.45, 7) is 13.0. The van der Waals surface area contributed by atoms with Crippen molar-refractivity contribution in [3.8, 4) is 0 Å². The minimum atomic E-state index is -1.15. The number of amides is 1. The molecule has 28 heavy (non-hydrogen) atoms. The Morgan fingerprint density at radius 1 is 1.11 bits per heavy atom. The number of carbonyl (C=O) groups is 1. The first kappa shape index (κ1) is 22.7. The third-order valence-electron chi connectivity index (χ3n) is 5.37. The molecule has 1 fully saturated rings. The molecule has 1 aromatic carbocycles. The first-order valence-corrected chi connectivity index (χ1v) is 9.89. The molecule has 2 rings (SSSR count). The summed E-state index contributed by atoms with van der Waals surface area (Å²) in [4.78, 5) is 14.3. The van der Waals surface area contributed by atoms with Crippen LogP contribution < -0.4 is 5.46 Å². The zero-order chi connectivity index (χ0) is 21.3. The van der Waals surface area contributed by atoms with E-state index in [4.69, 9.17) is 9.39 Å². The Balaban J connectivity index is 2.10. The van der Waals surface area contributed by atoms with Crippen LogP contribution in [0, 0.1) is 0 Å². The van der Waals surface area contributed by atoms with Crippen molar-refractivity contribution in [3.63, 3.8) is 0 Å². The highest BCUT2D eigenvalue weighted by molar-refractivity contribution is 6.60. The molecule has 0 spiro atoms. The maximum Gasteiger partial charge on any atom is 0.491 e. The molecule has 1 unspecified atom stereocenters. The van der Waals surface area contributed by atoms with E-state index in [1.165, 1.54) is 0 Å². The van der Waals surface area contributed by atoms with E-state index < -0.39 is 23.9 Å². The summed E-state index contributed by atoms with van der Waals surface area (Å²) in [5.41, 5.74) is -0.956. The number of nitrogens with zero attached hydrogens (tertiary/aromatic N) is 1. The normalized spacial score (nSPS) is 18.3. The Labute approximate surface area is 169 Å². The van der Waals surface area contributed by atoms with Crippen LogP contribution in [0.1, 0.15) is 72.9 Å². The van der Waals surface area contributed by atoms with Crippen LogP contribution in [-0.2, 0) is 9.39 Å². The standard InChI is InChI=1S/C21H34BNO5/c1-19(2,3)27-18(24)23-14-8-9-17(23)15-10-12-16(13-11-15)22(26)28-21(6,7)20(4,5)25/h10-13,17,25-26H,8-9,14H2,1-7H3. The van der Waals surface area contributed by atoms with E-state index in [-0.39, 0.29) is 12.1 Å². The van der Waals surface area contributed by atoms with Gasteiger partial charge < -0.3 is 24.4 Å². The van der Waals surface area contributed by atoms with Crippen LogP contribution in [0.25, 0.3) is 0 Å². The summed E-state index contributed by atoms with van der Waals surface area (Å²) in [5.74, 6) is 0. The van der Waals surface area contributed by atoms with Crippen molar-refractivity contribution in [2.45, 2.75) is 84.2 Å². The Hall–Kier alpha value is -1.57. The lowest BCUT2D eigenvalue weighted by Crippen LogP contribution is -2.53. The van der Waals surface area contributed by atoms with Crippen molar-refractivity contribution in [2.75, 3.05) is 6.54 Å². The van der Waals surface area contributed by atoms with Crippen LogP contribution in [0.3, 0.4) is 0 Å². The molecule has 2 N–H and O–H groups in total. The first-order valence-electron chi connectivity index (χ1n) is 9.89. The summed E-state index contributed by atoms with van der Waals surface area (Å²) in [5, 5.41) is 20.6. The number of hydrogen-bond donors (Lipinski definition) is 2. The smallest absolute Gasteiger partial charge is 0.444 e. The number of ether oxygens (including phenoxy) is 1. The monoisotopic (exact) mass is 391 g/mol. The molecule has 1 heterocycles. The molecule has 0 bridgehead atoms. The van der Waals surface area contributed by atoms with Gasteiger partial charge in [-0.15, -0.1) is 0 Å². The molecule has 0 radical (unpaired) electrons. The van der Waals surface area contributed by atoms with Gasteiger partial charge in [0, 0.05) is 6.54 Å². The number of hydrogen-bond acceptors (Lipinski definition) is 5. The summed E-state index contributed by atoms with van der Waals surface area (Å²) < 4.78 is 11.2. The predicted molar refractivity (Wildman–Crippen MR) is 110 cm³/mol. The SMILES string of the molecule is CC(C)(C)OC(=O)N1CCCC1c1ccc(B(O)OC(C)(C)C(C)(C)O)cc1. The summed E-state index contributed by atoms with van der Waals surface area (Å²) >= 11 is 0. The topological polar surface area (TPSA) is 79.2 Å². The van der Waals surface area contributed by atoms with Gasteiger partial charge in [0.2, 0.25) is 0 Å². The highest BCUT2D eigenvalue weighted by Gasteiger charge is 2.39. The van der Waals surface area contributed by atoms with E-state index in [1.54, 1.807) is 44.7 Å². The van der Waals surface area contributed by atoms with Gasteiger partial charge in [0.15, 0.2) is 0 Å². The van der Waals surface area contributed by atoms with Crippen LogP contribution in [-0.4, -0.2) is 51.6 Å². The van der Waals surface area contributed by atoms with E-state index >= 15 is 0 Å². The maximum absolute atomic E-state index is 12.5. The van der Waals surface area contributed by atoms with Crippen molar-refractivity contribution < 1.29 is 24.3 Å². The highest BCUT2D eigenvalue weighted by atomic mass is 16.6. The molecule has 0 aliphatic carbocycles. The van der Waals surface area contributed by atoms with Crippen molar-refractivity contribution >= 4 is 18.7 Å². The summed E-state index contributed by atoms with van der Waals surface area (Å²) in [7, 11) is -1.15. The quantitative estimate of drug-likeness (QED) is 0.755. The largest absolute Gasteiger partial charge is 0.491 e. The molecule has 1 amide bonds. The second kappa shape index (κ2) is 8.05. The lowest BCUT2D eigenvalue weighted by molar-refractivity contribution is -0.0982. The lowest BCUT2D eigenvalue weighted by Gasteiger charge is -2.38. The van der Waals surface area contributed by atoms with Gasteiger partial charge in [0.05, 0.1) is 17.2 Å². The molecule has 156 valence electrons. The summed E-state index contributed by atoms with van der Waals surface area (Å²) in [6.07, 6.45) is 1.51. The van der Waals surface area contributed by atoms with Gasteiger partial charge in [-0.05, 0) is 72.3 Å². The Kier molecular flexibility index (Phi) is 6.53. The van der Waals surface area contributed by atoms with Crippen molar-refractivity contribution in [1.29, 1.82) is 0 Å². The van der Waals surface area contributed by atoms with Gasteiger partial charge >= 0.3 is 13.2 Å². The van der Waals surface area contributed by atoms with Gasteiger partial charge in [-0.2, -0.15) is 0 Å². The van der Waals surface area contributed by atoms with E-state index in [2.05, 4.69) is 0 Å². The molecule has 0 aromatic heterocycles. The molecule has 6 nitrogen and oxygen atoms in total. The van der Waals surface area contributed by atoms with Crippen LogP contribution in [0.15, 0.2) is 24.3 Å². The molecular weight excluding hydrogens is 357 g/mol. The van der Waals surface area contributed by atoms with Crippen LogP contribution >= 0.6 is 0 Å². The minimum Gasteiger partial charge on any atom is -0.444 e. The van der Waals surface area contributed by atoms with Gasteiger partial charge in [0.1, 0.15) is 5.60 Å². The van der Waals surface area contributed by atoms with Gasteiger partial charge in [-0.3, -0.25) is 0 Å².